The van der Waals surface area contributed by atoms with E-state index in [1.807, 2.05) is 38.1 Å². The van der Waals surface area contributed by atoms with Crippen molar-refractivity contribution in [3.63, 3.8) is 0 Å². The molecule has 1 atom stereocenters. The molecule has 0 bridgehead atoms. The number of nitrogens with one attached hydrogen (secondary N) is 2. The lowest BCUT2D eigenvalue weighted by Gasteiger charge is -2.13. The first-order valence-corrected chi connectivity index (χ1v) is 7.53. The number of rotatable bonds is 4. The molecule has 0 unspecified atom stereocenters. The predicted molar refractivity (Wildman–Crippen MR) is 88.8 cm³/mol. The summed E-state index contributed by atoms with van der Waals surface area (Å²) in [6, 6.07) is 8.51. The van der Waals surface area contributed by atoms with Gasteiger partial charge in [0.25, 0.3) is 5.56 Å². The second kappa shape index (κ2) is 6.19. The van der Waals surface area contributed by atoms with E-state index in [9.17, 15) is 14.4 Å². The zero-order valence-electron chi connectivity index (χ0n) is 13.3. The molecule has 3 rings (SSSR count). The average molecular weight is 327 g/mol. The van der Waals surface area contributed by atoms with E-state index in [0.29, 0.717) is 5.76 Å². The number of fused-ring (bicyclic) bond motifs is 1. The molecule has 7 heteroatoms. The van der Waals surface area contributed by atoms with Crippen molar-refractivity contribution in [1.29, 1.82) is 0 Å². The minimum absolute atomic E-state index is 0.181. The molecule has 124 valence electrons. The molecule has 0 aliphatic heterocycles. The highest BCUT2D eigenvalue weighted by Crippen LogP contribution is 2.28. The Hall–Kier alpha value is -3.09. The third-order valence-electron chi connectivity index (χ3n) is 3.86. The molecule has 3 aromatic rings. The van der Waals surface area contributed by atoms with Gasteiger partial charge in [-0.1, -0.05) is 18.2 Å². The molecule has 0 fully saturated rings. The minimum atomic E-state index is -0.620. The molecule has 1 aromatic carbocycles. The molecule has 0 spiro atoms. The molecule has 24 heavy (non-hydrogen) atoms. The second-order valence-electron chi connectivity index (χ2n) is 5.61. The number of H-pyrrole nitrogens is 1. The SMILES string of the molecule is Cc1c([C@H](C)NC(=O)Cn2ccc(=O)[nH]c2=O)oc2ccccc12. The molecule has 2 N–H and O–H groups in total. The maximum atomic E-state index is 12.2. The normalized spacial score (nSPS) is 12.2. The van der Waals surface area contributed by atoms with Crippen LogP contribution in [0.5, 0.6) is 0 Å². The van der Waals surface area contributed by atoms with Crippen LogP contribution in [0.25, 0.3) is 11.0 Å². The molecule has 7 nitrogen and oxygen atoms in total. The number of hydrogen-bond acceptors (Lipinski definition) is 4. The van der Waals surface area contributed by atoms with Crippen LogP contribution in [0.1, 0.15) is 24.3 Å². The van der Waals surface area contributed by atoms with Gasteiger partial charge in [-0.3, -0.25) is 19.1 Å². The number of para-hydroxylation sites is 1. The van der Waals surface area contributed by atoms with Gasteiger partial charge in [-0.2, -0.15) is 0 Å². The van der Waals surface area contributed by atoms with Gasteiger partial charge in [0.05, 0.1) is 6.04 Å². The lowest BCUT2D eigenvalue weighted by molar-refractivity contribution is -0.122. The zero-order chi connectivity index (χ0) is 17.3. The Morgan fingerprint density at radius 2 is 2.04 bits per heavy atom. The smallest absolute Gasteiger partial charge is 0.328 e. The summed E-state index contributed by atoms with van der Waals surface area (Å²) in [6.45, 7) is 3.58. The number of hydrogen-bond donors (Lipinski definition) is 2. The molecular formula is C17H17N3O4. The number of aromatic amines is 1. The van der Waals surface area contributed by atoms with Gasteiger partial charge in [-0.25, -0.2) is 4.79 Å². The summed E-state index contributed by atoms with van der Waals surface area (Å²) >= 11 is 0. The van der Waals surface area contributed by atoms with Crippen molar-refractivity contribution in [3.8, 4) is 0 Å². The molecular weight excluding hydrogens is 310 g/mol. The van der Waals surface area contributed by atoms with Crippen molar-refractivity contribution in [2.24, 2.45) is 0 Å². The third-order valence-corrected chi connectivity index (χ3v) is 3.86. The van der Waals surface area contributed by atoms with Gasteiger partial charge in [0.15, 0.2) is 0 Å². The summed E-state index contributed by atoms with van der Waals surface area (Å²) in [4.78, 5) is 36.9. The molecule has 0 aliphatic rings. The zero-order valence-corrected chi connectivity index (χ0v) is 13.3. The van der Waals surface area contributed by atoms with Crippen LogP contribution in [0.4, 0.5) is 0 Å². The summed E-state index contributed by atoms with van der Waals surface area (Å²) in [5.74, 6) is 0.329. The number of nitrogens with zero attached hydrogens (tertiary/aromatic N) is 1. The topological polar surface area (TPSA) is 97.1 Å². The van der Waals surface area contributed by atoms with Crippen LogP contribution in [0.3, 0.4) is 0 Å². The highest BCUT2D eigenvalue weighted by Gasteiger charge is 2.18. The third kappa shape index (κ3) is 3.01. The van der Waals surface area contributed by atoms with Gasteiger partial charge >= 0.3 is 5.69 Å². The fraction of sp³-hybridized carbons (Fsp3) is 0.235. The average Bonchev–Trinajstić information content (AvgIpc) is 2.88. The summed E-state index contributed by atoms with van der Waals surface area (Å²) in [6.07, 6.45) is 1.29. The van der Waals surface area contributed by atoms with E-state index >= 15 is 0 Å². The number of aromatic nitrogens is 2. The Balaban J connectivity index is 1.77. The van der Waals surface area contributed by atoms with Crippen molar-refractivity contribution >= 4 is 16.9 Å². The number of benzene rings is 1. The standard InChI is InChI=1S/C17H17N3O4/c1-10-12-5-3-4-6-13(12)24-16(10)11(2)18-15(22)9-20-8-7-14(21)19-17(20)23/h3-8,11H,9H2,1-2H3,(H,18,22)(H,19,21,23)/t11-/m0/s1. The maximum absolute atomic E-state index is 12.2. The molecule has 0 aliphatic carbocycles. The van der Waals surface area contributed by atoms with Crippen molar-refractivity contribution in [2.75, 3.05) is 0 Å². The first-order chi connectivity index (χ1) is 11.5. The van der Waals surface area contributed by atoms with E-state index in [0.717, 1.165) is 21.1 Å². The summed E-state index contributed by atoms with van der Waals surface area (Å²) in [7, 11) is 0. The lowest BCUT2D eigenvalue weighted by atomic mass is 10.1. The Bertz CT molecular complexity index is 1010. The van der Waals surface area contributed by atoms with Crippen molar-refractivity contribution < 1.29 is 9.21 Å². The van der Waals surface area contributed by atoms with E-state index in [-0.39, 0.29) is 18.5 Å². The first-order valence-electron chi connectivity index (χ1n) is 7.53. The molecule has 2 heterocycles. The first kappa shape index (κ1) is 15.8. The number of furan rings is 1. The Labute approximate surface area is 136 Å². The van der Waals surface area contributed by atoms with Gasteiger partial charge in [-0.05, 0) is 19.9 Å². The molecule has 1 amide bonds. The van der Waals surface area contributed by atoms with Crippen LogP contribution < -0.4 is 16.6 Å². The van der Waals surface area contributed by atoms with Crippen LogP contribution in [0.2, 0.25) is 0 Å². The lowest BCUT2D eigenvalue weighted by Crippen LogP contribution is -2.36. The Morgan fingerprint density at radius 1 is 1.29 bits per heavy atom. The maximum Gasteiger partial charge on any atom is 0.328 e. The van der Waals surface area contributed by atoms with Gasteiger partial charge in [-0.15, -0.1) is 0 Å². The largest absolute Gasteiger partial charge is 0.459 e. The van der Waals surface area contributed by atoms with Crippen molar-refractivity contribution in [1.82, 2.24) is 14.9 Å². The number of amides is 1. The number of carbonyl (C=O) groups excluding carboxylic acids is 1. The van der Waals surface area contributed by atoms with Gasteiger partial charge in [0.2, 0.25) is 5.91 Å². The fourth-order valence-electron chi connectivity index (χ4n) is 2.68. The number of carbonyl (C=O) groups is 1. The van der Waals surface area contributed by atoms with E-state index < -0.39 is 11.2 Å². The molecule has 0 radical (unpaired) electrons. The van der Waals surface area contributed by atoms with Crippen LogP contribution in [-0.4, -0.2) is 15.5 Å². The van der Waals surface area contributed by atoms with E-state index in [4.69, 9.17) is 4.42 Å². The second-order valence-corrected chi connectivity index (χ2v) is 5.61. The predicted octanol–water partition coefficient (Wildman–Crippen LogP) is 1.47. The number of aryl methyl sites for hydroxylation is 1. The molecule has 0 saturated carbocycles. The van der Waals surface area contributed by atoms with E-state index in [1.54, 1.807) is 0 Å². The van der Waals surface area contributed by atoms with Crippen molar-refractivity contribution in [3.05, 3.63) is 68.7 Å². The molecule has 2 aromatic heterocycles. The van der Waals surface area contributed by atoms with Crippen LogP contribution in [0, 0.1) is 6.92 Å². The highest BCUT2D eigenvalue weighted by molar-refractivity contribution is 5.82. The highest BCUT2D eigenvalue weighted by atomic mass is 16.3. The summed E-state index contributed by atoms with van der Waals surface area (Å²) < 4.78 is 6.95. The summed E-state index contributed by atoms with van der Waals surface area (Å²) in [5, 5.41) is 3.81. The van der Waals surface area contributed by atoms with Gasteiger partial charge in [0, 0.05) is 23.2 Å². The Kier molecular flexibility index (Phi) is 4.07. The van der Waals surface area contributed by atoms with Crippen LogP contribution in [-0.2, 0) is 11.3 Å². The quantitative estimate of drug-likeness (QED) is 0.758. The Morgan fingerprint density at radius 3 is 2.75 bits per heavy atom. The van der Waals surface area contributed by atoms with Gasteiger partial charge < -0.3 is 9.73 Å². The van der Waals surface area contributed by atoms with E-state index in [2.05, 4.69) is 10.3 Å². The van der Waals surface area contributed by atoms with Crippen LogP contribution >= 0.6 is 0 Å². The van der Waals surface area contributed by atoms with E-state index in [1.165, 1.54) is 12.3 Å². The van der Waals surface area contributed by atoms with Gasteiger partial charge in [0.1, 0.15) is 17.9 Å². The monoisotopic (exact) mass is 327 g/mol. The van der Waals surface area contributed by atoms with Crippen LogP contribution in [0.15, 0.2) is 50.5 Å². The van der Waals surface area contributed by atoms with Crippen molar-refractivity contribution in [2.45, 2.75) is 26.4 Å². The fourth-order valence-corrected chi connectivity index (χ4v) is 2.68. The molecule has 0 saturated heterocycles. The summed E-state index contributed by atoms with van der Waals surface area (Å²) in [5.41, 5.74) is 0.621. The minimum Gasteiger partial charge on any atom is -0.459 e.